The molecule has 0 unspecified atom stereocenters. The monoisotopic (exact) mass is 400 g/mol. The number of halogens is 4. The molecule has 10 heteroatoms. The van der Waals surface area contributed by atoms with E-state index in [1.54, 1.807) is 10.6 Å². The molecule has 0 heterocycles. The van der Waals surface area contributed by atoms with E-state index in [1.165, 1.54) is 50.6 Å². The van der Waals surface area contributed by atoms with Crippen molar-refractivity contribution in [1.82, 2.24) is 0 Å². The Morgan fingerprint density at radius 2 is 1.11 bits per heavy atom. The van der Waals surface area contributed by atoms with E-state index < -0.39 is 23.7 Å². The Labute approximate surface area is 157 Å². The van der Waals surface area contributed by atoms with Crippen LogP contribution in [0.4, 0.5) is 28.9 Å². The van der Waals surface area contributed by atoms with Gasteiger partial charge in [0, 0.05) is 23.5 Å². The number of carbonyl (C=O) groups is 2. The average molecular weight is 400 g/mol. The summed E-state index contributed by atoms with van der Waals surface area (Å²) in [5, 5.41) is 3.30. The zero-order valence-corrected chi connectivity index (χ0v) is 14.8. The number of methoxy groups -OCH3 is 2. The molecule has 0 aliphatic heterocycles. The number of rotatable bonds is 7. The van der Waals surface area contributed by atoms with E-state index in [9.17, 15) is 27.2 Å². The lowest BCUT2D eigenvalue weighted by Crippen LogP contribution is -2.56. The molecule has 0 spiro atoms. The molecule has 2 rings (SSSR count). The summed E-state index contributed by atoms with van der Waals surface area (Å²) in [6, 6.07) is 10.4. The number of anilines is 2. The van der Waals surface area contributed by atoms with Crippen molar-refractivity contribution in [1.29, 1.82) is 0 Å². The van der Waals surface area contributed by atoms with Gasteiger partial charge in [-0.3, -0.25) is 9.59 Å². The maximum atomic E-state index is 14.1. The highest BCUT2D eigenvalue weighted by atomic mass is 19.3. The number of hydrogen-bond donors (Lipinski definition) is 2. The molecule has 2 aromatic carbocycles. The molecule has 0 aromatic heterocycles. The first kappa shape index (κ1) is 21.0. The average Bonchev–Trinajstić information content (AvgIpc) is 2.67. The highest BCUT2D eigenvalue weighted by Crippen LogP contribution is 2.37. The van der Waals surface area contributed by atoms with Gasteiger partial charge >= 0.3 is 23.7 Å². The number of carbonyl (C=O) groups excluding carboxylic acids is 2. The standard InChI is InChI=1S/C18H16F4N2O4/c1-27-13-7-3-5-11(9-13)23-15(25)17(19,20)18(21,22)16(26)24-12-6-4-8-14(10-12)28-2/h3-10H,1-2H3,(H,23,25)(H,24,26). The Balaban J connectivity index is 2.18. The van der Waals surface area contributed by atoms with Crippen LogP contribution in [-0.2, 0) is 9.59 Å². The number of hydrogen-bond acceptors (Lipinski definition) is 4. The number of alkyl halides is 4. The van der Waals surface area contributed by atoms with E-state index in [2.05, 4.69) is 0 Å². The van der Waals surface area contributed by atoms with Gasteiger partial charge in [0.2, 0.25) is 0 Å². The largest absolute Gasteiger partial charge is 0.497 e. The van der Waals surface area contributed by atoms with Crippen molar-refractivity contribution in [3.8, 4) is 11.5 Å². The smallest absolute Gasteiger partial charge is 0.396 e. The zero-order chi connectivity index (χ0) is 20.9. The van der Waals surface area contributed by atoms with Crippen molar-refractivity contribution in [3.05, 3.63) is 48.5 Å². The van der Waals surface area contributed by atoms with Crippen LogP contribution in [0.25, 0.3) is 0 Å². The summed E-state index contributed by atoms with van der Waals surface area (Å²) in [7, 11) is 2.60. The molecule has 0 radical (unpaired) electrons. The number of ether oxygens (including phenoxy) is 2. The topological polar surface area (TPSA) is 76.7 Å². The highest BCUT2D eigenvalue weighted by Gasteiger charge is 2.67. The van der Waals surface area contributed by atoms with Gasteiger partial charge in [-0.2, -0.15) is 17.6 Å². The van der Waals surface area contributed by atoms with Crippen LogP contribution in [-0.4, -0.2) is 37.9 Å². The van der Waals surface area contributed by atoms with Gasteiger partial charge in [-0.25, -0.2) is 0 Å². The minimum atomic E-state index is -5.32. The Morgan fingerprint density at radius 1 is 0.750 bits per heavy atom. The predicted octanol–water partition coefficient (Wildman–Crippen LogP) is 3.55. The molecule has 0 bridgehead atoms. The van der Waals surface area contributed by atoms with Crippen molar-refractivity contribution in [2.24, 2.45) is 0 Å². The first-order valence-corrected chi connectivity index (χ1v) is 7.78. The molecule has 150 valence electrons. The van der Waals surface area contributed by atoms with Crippen LogP contribution < -0.4 is 20.1 Å². The van der Waals surface area contributed by atoms with Gasteiger partial charge in [-0.05, 0) is 24.3 Å². The van der Waals surface area contributed by atoms with E-state index in [1.807, 2.05) is 0 Å². The molecule has 28 heavy (non-hydrogen) atoms. The fourth-order valence-electron chi connectivity index (χ4n) is 2.11. The molecular weight excluding hydrogens is 384 g/mol. The van der Waals surface area contributed by atoms with Crippen LogP contribution in [0, 0.1) is 0 Å². The summed E-state index contributed by atoms with van der Waals surface area (Å²) in [6.07, 6.45) is 0. The number of benzene rings is 2. The zero-order valence-electron chi connectivity index (χ0n) is 14.8. The number of nitrogens with one attached hydrogen (secondary N) is 2. The van der Waals surface area contributed by atoms with E-state index in [-0.39, 0.29) is 22.9 Å². The molecule has 0 saturated heterocycles. The second-order valence-corrected chi connectivity index (χ2v) is 5.52. The fourth-order valence-corrected chi connectivity index (χ4v) is 2.11. The van der Waals surface area contributed by atoms with Crippen LogP contribution in [0.3, 0.4) is 0 Å². The summed E-state index contributed by atoms with van der Waals surface area (Å²) in [5.41, 5.74) is -0.402. The van der Waals surface area contributed by atoms with Crippen molar-refractivity contribution in [2.75, 3.05) is 24.9 Å². The highest BCUT2D eigenvalue weighted by molar-refractivity contribution is 6.05. The molecule has 0 atom stereocenters. The summed E-state index contributed by atoms with van der Waals surface area (Å²) in [6.45, 7) is 0. The van der Waals surface area contributed by atoms with Gasteiger partial charge in [0.25, 0.3) is 0 Å². The van der Waals surface area contributed by atoms with Crippen LogP contribution in [0.1, 0.15) is 0 Å². The minimum absolute atomic E-state index is 0.201. The summed E-state index contributed by atoms with van der Waals surface area (Å²) >= 11 is 0. The molecule has 0 aliphatic carbocycles. The second kappa shape index (κ2) is 8.15. The van der Waals surface area contributed by atoms with E-state index in [0.29, 0.717) is 0 Å². The lowest BCUT2D eigenvalue weighted by atomic mass is 10.1. The minimum Gasteiger partial charge on any atom is -0.497 e. The van der Waals surface area contributed by atoms with Gasteiger partial charge in [0.15, 0.2) is 0 Å². The van der Waals surface area contributed by atoms with E-state index in [0.717, 1.165) is 12.1 Å². The molecular formula is C18H16F4N2O4. The van der Waals surface area contributed by atoms with Gasteiger partial charge in [0.05, 0.1) is 14.2 Å². The molecule has 0 aliphatic rings. The third-order valence-electron chi connectivity index (χ3n) is 3.62. The van der Waals surface area contributed by atoms with Crippen molar-refractivity contribution >= 4 is 23.2 Å². The quantitative estimate of drug-likeness (QED) is 0.697. The van der Waals surface area contributed by atoms with Crippen molar-refractivity contribution in [3.63, 3.8) is 0 Å². The summed E-state index contributed by atoms with van der Waals surface area (Å²) in [5.74, 6) is -14.9. The first-order chi connectivity index (χ1) is 13.1. The lowest BCUT2D eigenvalue weighted by Gasteiger charge is -2.24. The van der Waals surface area contributed by atoms with Crippen LogP contribution in [0.15, 0.2) is 48.5 Å². The molecule has 0 fully saturated rings. The van der Waals surface area contributed by atoms with Crippen LogP contribution >= 0.6 is 0 Å². The molecule has 2 N–H and O–H groups in total. The van der Waals surface area contributed by atoms with Crippen LogP contribution in [0.5, 0.6) is 11.5 Å². The van der Waals surface area contributed by atoms with Crippen LogP contribution in [0.2, 0.25) is 0 Å². The van der Waals surface area contributed by atoms with Gasteiger partial charge < -0.3 is 20.1 Å². The van der Waals surface area contributed by atoms with E-state index in [4.69, 9.17) is 9.47 Å². The molecule has 6 nitrogen and oxygen atoms in total. The second-order valence-electron chi connectivity index (χ2n) is 5.52. The SMILES string of the molecule is COc1cccc(NC(=O)C(F)(F)C(F)(F)C(=O)Nc2cccc(OC)c2)c1. The third-order valence-corrected chi connectivity index (χ3v) is 3.62. The maximum Gasteiger partial charge on any atom is 0.396 e. The van der Waals surface area contributed by atoms with Crippen molar-refractivity contribution < 1.29 is 36.6 Å². The Morgan fingerprint density at radius 3 is 1.43 bits per heavy atom. The molecule has 2 aromatic rings. The predicted molar refractivity (Wildman–Crippen MR) is 93.1 cm³/mol. The third kappa shape index (κ3) is 4.33. The molecule has 0 saturated carbocycles. The summed E-state index contributed by atoms with van der Waals surface area (Å²) < 4.78 is 66.0. The van der Waals surface area contributed by atoms with Gasteiger partial charge in [-0.15, -0.1) is 0 Å². The lowest BCUT2D eigenvalue weighted by molar-refractivity contribution is -0.204. The Bertz CT molecular complexity index is 803. The van der Waals surface area contributed by atoms with E-state index >= 15 is 0 Å². The molecule has 2 amide bonds. The van der Waals surface area contributed by atoms with Crippen molar-refractivity contribution in [2.45, 2.75) is 11.8 Å². The maximum absolute atomic E-state index is 14.1. The summed E-state index contributed by atoms with van der Waals surface area (Å²) in [4.78, 5) is 23.5. The number of amides is 2. The fraction of sp³-hybridized carbons (Fsp3) is 0.222. The van der Waals surface area contributed by atoms with Gasteiger partial charge in [0.1, 0.15) is 11.5 Å². The Kier molecular flexibility index (Phi) is 6.12. The Hall–Kier alpha value is -3.30. The van der Waals surface area contributed by atoms with Gasteiger partial charge in [-0.1, -0.05) is 12.1 Å². The first-order valence-electron chi connectivity index (χ1n) is 7.78. The normalized spacial score (nSPS) is 11.5.